The molecule has 0 aliphatic carbocycles. The van der Waals surface area contributed by atoms with Crippen molar-refractivity contribution in [3.05, 3.63) is 24.2 Å². The second kappa shape index (κ2) is 3.22. The highest BCUT2D eigenvalue weighted by molar-refractivity contribution is 5.53. The lowest BCUT2D eigenvalue weighted by molar-refractivity contribution is 0.411. The molecule has 0 spiro atoms. The Morgan fingerprint density at radius 2 is 2.07 bits per heavy atom. The van der Waals surface area contributed by atoms with Gasteiger partial charge in [0, 0.05) is 23.9 Å². The van der Waals surface area contributed by atoms with E-state index in [-0.39, 0.29) is 5.41 Å². The van der Waals surface area contributed by atoms with Crippen LogP contribution in [0.1, 0.15) is 26.5 Å². The lowest BCUT2D eigenvalue weighted by atomic mass is 9.92. The van der Waals surface area contributed by atoms with E-state index in [9.17, 15) is 0 Å². The van der Waals surface area contributed by atoms with Crippen LogP contribution < -0.4 is 4.74 Å². The van der Waals surface area contributed by atoms with Gasteiger partial charge in [0.05, 0.1) is 12.8 Å². The third-order valence-electron chi connectivity index (χ3n) is 2.31. The van der Waals surface area contributed by atoms with Crippen molar-refractivity contribution in [2.75, 3.05) is 7.11 Å². The highest BCUT2D eigenvalue weighted by Crippen LogP contribution is 2.25. The zero-order valence-corrected chi connectivity index (χ0v) is 9.48. The summed E-state index contributed by atoms with van der Waals surface area (Å²) in [5.74, 6) is 0.764. The van der Waals surface area contributed by atoms with Crippen molar-refractivity contribution in [2.24, 2.45) is 0 Å². The Balaban J connectivity index is 2.69. The van der Waals surface area contributed by atoms with Gasteiger partial charge in [-0.25, -0.2) is 9.50 Å². The second-order valence-electron chi connectivity index (χ2n) is 4.54. The van der Waals surface area contributed by atoms with Gasteiger partial charge in [-0.05, 0) is 0 Å². The molecule has 0 radical (unpaired) electrons. The summed E-state index contributed by atoms with van der Waals surface area (Å²) < 4.78 is 7.05. The normalized spacial score (nSPS) is 12.0. The summed E-state index contributed by atoms with van der Waals surface area (Å²) in [6.45, 7) is 6.37. The Morgan fingerprint density at radius 1 is 1.33 bits per heavy atom. The fourth-order valence-electron chi connectivity index (χ4n) is 1.40. The predicted octanol–water partition coefficient (Wildman–Crippen LogP) is 2.04. The van der Waals surface area contributed by atoms with Crippen molar-refractivity contribution in [3.8, 4) is 5.75 Å². The first kappa shape index (κ1) is 9.96. The van der Waals surface area contributed by atoms with Crippen LogP contribution in [0.2, 0.25) is 0 Å². The molecule has 0 saturated carbocycles. The number of fused-ring (bicyclic) bond motifs is 1. The first-order valence-corrected chi connectivity index (χ1v) is 4.91. The van der Waals surface area contributed by atoms with Gasteiger partial charge in [-0.15, -0.1) is 0 Å². The van der Waals surface area contributed by atoms with E-state index in [1.807, 2.05) is 12.3 Å². The molecule has 0 N–H and O–H groups in total. The standard InChI is InChI=1S/C11H15N3O/c1-11(2,3)9-7-8(15-4)10-12-5-6-14(10)13-9/h5-7H,1-4H3. The third-order valence-corrected chi connectivity index (χ3v) is 2.31. The molecule has 0 aliphatic heterocycles. The largest absolute Gasteiger partial charge is 0.493 e. The van der Waals surface area contributed by atoms with E-state index in [1.165, 1.54) is 0 Å². The van der Waals surface area contributed by atoms with Gasteiger partial charge in [-0.1, -0.05) is 20.8 Å². The number of hydrogen-bond acceptors (Lipinski definition) is 3. The average molecular weight is 205 g/mol. The van der Waals surface area contributed by atoms with Gasteiger partial charge in [0.25, 0.3) is 0 Å². The van der Waals surface area contributed by atoms with Gasteiger partial charge in [-0.2, -0.15) is 5.10 Å². The van der Waals surface area contributed by atoms with Crippen LogP contribution in [0.15, 0.2) is 18.5 Å². The van der Waals surface area contributed by atoms with E-state index >= 15 is 0 Å². The van der Waals surface area contributed by atoms with Crippen LogP contribution in [0.25, 0.3) is 5.65 Å². The summed E-state index contributed by atoms with van der Waals surface area (Å²) in [6, 6.07) is 1.95. The minimum atomic E-state index is 0.00569. The number of methoxy groups -OCH3 is 1. The lowest BCUT2D eigenvalue weighted by Gasteiger charge is -2.18. The lowest BCUT2D eigenvalue weighted by Crippen LogP contribution is -2.15. The number of rotatable bonds is 1. The van der Waals surface area contributed by atoms with Gasteiger partial charge in [0.15, 0.2) is 11.4 Å². The van der Waals surface area contributed by atoms with E-state index in [1.54, 1.807) is 17.8 Å². The number of imidazole rings is 1. The van der Waals surface area contributed by atoms with E-state index in [2.05, 4.69) is 30.9 Å². The fourth-order valence-corrected chi connectivity index (χ4v) is 1.40. The highest BCUT2D eigenvalue weighted by Gasteiger charge is 2.18. The number of aromatic nitrogens is 3. The summed E-state index contributed by atoms with van der Waals surface area (Å²) >= 11 is 0. The maximum Gasteiger partial charge on any atom is 0.196 e. The molecule has 2 rings (SSSR count). The van der Waals surface area contributed by atoms with Gasteiger partial charge < -0.3 is 4.74 Å². The summed E-state index contributed by atoms with van der Waals surface area (Å²) in [5, 5.41) is 4.49. The first-order chi connectivity index (χ1) is 7.02. The molecule has 2 aromatic heterocycles. The van der Waals surface area contributed by atoms with Crippen LogP contribution in [0.4, 0.5) is 0 Å². The van der Waals surface area contributed by atoms with E-state index < -0.39 is 0 Å². The van der Waals surface area contributed by atoms with Crippen molar-refractivity contribution < 1.29 is 4.74 Å². The molecule has 15 heavy (non-hydrogen) atoms. The summed E-state index contributed by atoms with van der Waals surface area (Å²) in [5.41, 5.74) is 1.75. The van der Waals surface area contributed by atoms with Gasteiger partial charge in [0.1, 0.15) is 0 Å². The van der Waals surface area contributed by atoms with Crippen molar-refractivity contribution >= 4 is 5.65 Å². The van der Waals surface area contributed by atoms with Gasteiger partial charge >= 0.3 is 0 Å². The molecule has 0 atom stereocenters. The Kier molecular flexibility index (Phi) is 2.14. The molecule has 0 amide bonds. The molecule has 0 aromatic carbocycles. The summed E-state index contributed by atoms with van der Waals surface area (Å²) in [4.78, 5) is 4.19. The zero-order chi connectivity index (χ0) is 11.1. The minimum Gasteiger partial charge on any atom is -0.493 e. The zero-order valence-electron chi connectivity index (χ0n) is 9.48. The first-order valence-electron chi connectivity index (χ1n) is 4.91. The smallest absolute Gasteiger partial charge is 0.196 e. The maximum absolute atomic E-state index is 5.30. The van der Waals surface area contributed by atoms with Crippen LogP contribution in [0.3, 0.4) is 0 Å². The summed E-state index contributed by atoms with van der Waals surface area (Å²) in [6.07, 6.45) is 3.55. The number of nitrogens with zero attached hydrogens (tertiary/aromatic N) is 3. The minimum absolute atomic E-state index is 0.00569. The molecule has 4 nitrogen and oxygen atoms in total. The Bertz CT molecular complexity index is 482. The third kappa shape index (κ3) is 1.67. The van der Waals surface area contributed by atoms with Crippen LogP contribution in [0.5, 0.6) is 5.75 Å². The Labute approximate surface area is 88.9 Å². The van der Waals surface area contributed by atoms with Gasteiger partial charge in [0.2, 0.25) is 0 Å². The molecule has 80 valence electrons. The van der Waals surface area contributed by atoms with Crippen LogP contribution in [0, 0.1) is 0 Å². The van der Waals surface area contributed by atoms with E-state index in [0.717, 1.165) is 17.1 Å². The molecule has 0 saturated heterocycles. The molecule has 0 bridgehead atoms. The van der Waals surface area contributed by atoms with Crippen molar-refractivity contribution in [2.45, 2.75) is 26.2 Å². The number of hydrogen-bond donors (Lipinski definition) is 0. The molecular formula is C11H15N3O. The van der Waals surface area contributed by atoms with Gasteiger partial charge in [-0.3, -0.25) is 0 Å². The monoisotopic (exact) mass is 205 g/mol. The molecular weight excluding hydrogens is 190 g/mol. The summed E-state index contributed by atoms with van der Waals surface area (Å²) in [7, 11) is 1.65. The van der Waals surface area contributed by atoms with Crippen molar-refractivity contribution in [1.29, 1.82) is 0 Å². The average Bonchev–Trinajstić information content (AvgIpc) is 2.62. The SMILES string of the molecule is COc1cc(C(C)(C)C)nn2ccnc12. The fraction of sp³-hybridized carbons (Fsp3) is 0.455. The van der Waals surface area contributed by atoms with Crippen molar-refractivity contribution in [3.63, 3.8) is 0 Å². The maximum atomic E-state index is 5.30. The molecule has 0 unspecified atom stereocenters. The van der Waals surface area contributed by atoms with E-state index in [0.29, 0.717) is 0 Å². The molecule has 2 heterocycles. The molecule has 0 fully saturated rings. The quantitative estimate of drug-likeness (QED) is 0.715. The molecule has 0 aliphatic rings. The topological polar surface area (TPSA) is 39.4 Å². The Hall–Kier alpha value is -1.58. The van der Waals surface area contributed by atoms with Crippen molar-refractivity contribution in [1.82, 2.24) is 14.6 Å². The van der Waals surface area contributed by atoms with Crippen LogP contribution >= 0.6 is 0 Å². The molecule has 4 heteroatoms. The molecule has 2 aromatic rings. The number of ether oxygens (including phenoxy) is 1. The Morgan fingerprint density at radius 3 is 2.67 bits per heavy atom. The van der Waals surface area contributed by atoms with Crippen LogP contribution in [-0.2, 0) is 5.41 Å². The predicted molar refractivity (Wildman–Crippen MR) is 58.2 cm³/mol. The van der Waals surface area contributed by atoms with Crippen LogP contribution in [-0.4, -0.2) is 21.7 Å². The highest BCUT2D eigenvalue weighted by atomic mass is 16.5. The van der Waals surface area contributed by atoms with E-state index in [4.69, 9.17) is 4.74 Å². The second-order valence-corrected chi connectivity index (χ2v) is 4.54.